The summed E-state index contributed by atoms with van der Waals surface area (Å²) >= 11 is 18.2. The van der Waals surface area contributed by atoms with Gasteiger partial charge in [-0.05, 0) is 49.4 Å². The molecule has 0 bridgehead atoms. The number of halogens is 4. The number of nitrogens with zero attached hydrogens (tertiary/aromatic N) is 3. The topological polar surface area (TPSA) is 70.7 Å². The molecule has 5 nitrogen and oxygen atoms in total. The fraction of sp³-hybridized carbons (Fsp3) is 0.0500. The fourth-order valence-corrected chi connectivity index (χ4v) is 3.21. The molecule has 0 radical (unpaired) electrons. The molecular formula is C20H12Cl3FN4O. The van der Waals surface area contributed by atoms with Gasteiger partial charge in [0, 0.05) is 16.3 Å². The van der Waals surface area contributed by atoms with E-state index in [1.807, 2.05) is 6.07 Å². The van der Waals surface area contributed by atoms with Crippen LogP contribution in [0.1, 0.15) is 11.3 Å². The van der Waals surface area contributed by atoms with Gasteiger partial charge in [0.1, 0.15) is 22.6 Å². The normalized spacial score (nSPS) is 11.2. The third-order valence-corrected chi connectivity index (χ3v) is 4.82. The van der Waals surface area contributed by atoms with Crippen LogP contribution in [0.5, 0.6) is 0 Å². The van der Waals surface area contributed by atoms with E-state index in [9.17, 15) is 14.4 Å². The van der Waals surface area contributed by atoms with Crippen LogP contribution < -0.4 is 5.32 Å². The fourth-order valence-electron chi connectivity index (χ4n) is 2.52. The van der Waals surface area contributed by atoms with Gasteiger partial charge in [0.05, 0.1) is 16.4 Å². The highest BCUT2D eigenvalue weighted by Crippen LogP contribution is 2.27. The summed E-state index contributed by atoms with van der Waals surface area (Å²) in [6.07, 6.45) is 1.34. The molecule has 146 valence electrons. The molecule has 3 aromatic rings. The van der Waals surface area contributed by atoms with Crippen LogP contribution in [-0.4, -0.2) is 15.7 Å². The second-order valence-corrected chi connectivity index (χ2v) is 7.14. The molecule has 29 heavy (non-hydrogen) atoms. The minimum atomic E-state index is -0.693. The summed E-state index contributed by atoms with van der Waals surface area (Å²) in [4.78, 5) is 12.5. The summed E-state index contributed by atoms with van der Waals surface area (Å²) in [7, 11) is 0. The third kappa shape index (κ3) is 4.60. The molecular weight excluding hydrogens is 438 g/mol. The lowest BCUT2D eigenvalue weighted by molar-refractivity contribution is -0.112. The molecule has 2 aromatic carbocycles. The third-order valence-electron chi connectivity index (χ3n) is 3.93. The average Bonchev–Trinajstić information content (AvgIpc) is 2.96. The van der Waals surface area contributed by atoms with Crippen LogP contribution >= 0.6 is 34.8 Å². The lowest BCUT2D eigenvalue weighted by Gasteiger charge is -2.05. The van der Waals surface area contributed by atoms with Crippen molar-refractivity contribution in [1.82, 2.24) is 9.78 Å². The van der Waals surface area contributed by atoms with Gasteiger partial charge in [-0.15, -0.1) is 0 Å². The number of nitriles is 1. The zero-order valence-corrected chi connectivity index (χ0v) is 17.1. The highest BCUT2D eigenvalue weighted by atomic mass is 35.5. The number of hydrogen-bond donors (Lipinski definition) is 1. The van der Waals surface area contributed by atoms with Crippen molar-refractivity contribution in [2.24, 2.45) is 0 Å². The maximum atomic E-state index is 13.3. The van der Waals surface area contributed by atoms with Crippen molar-refractivity contribution in [3.05, 3.63) is 80.3 Å². The molecule has 0 aliphatic rings. The largest absolute Gasteiger partial charge is 0.321 e. The van der Waals surface area contributed by atoms with Crippen LogP contribution in [0.4, 0.5) is 10.1 Å². The molecule has 1 amide bonds. The predicted molar refractivity (Wildman–Crippen MR) is 112 cm³/mol. The summed E-state index contributed by atoms with van der Waals surface area (Å²) in [6, 6.07) is 12.5. The maximum absolute atomic E-state index is 13.3. The molecule has 0 saturated carbocycles. The Morgan fingerprint density at radius 1 is 1.24 bits per heavy atom. The number of hydrogen-bond acceptors (Lipinski definition) is 3. The van der Waals surface area contributed by atoms with E-state index in [2.05, 4.69) is 10.4 Å². The Morgan fingerprint density at radius 3 is 2.66 bits per heavy atom. The second-order valence-electron chi connectivity index (χ2n) is 5.93. The quantitative estimate of drug-likeness (QED) is 0.403. The molecule has 3 rings (SSSR count). The van der Waals surface area contributed by atoms with Crippen molar-refractivity contribution in [3.8, 4) is 11.8 Å². The van der Waals surface area contributed by atoms with Crippen LogP contribution in [0.25, 0.3) is 11.8 Å². The number of amides is 1. The number of aromatic nitrogens is 2. The number of nitrogens with one attached hydrogen (secondary N) is 1. The first kappa shape index (κ1) is 20.9. The summed E-state index contributed by atoms with van der Waals surface area (Å²) in [5, 5.41) is 16.9. The van der Waals surface area contributed by atoms with Crippen LogP contribution in [0, 0.1) is 24.1 Å². The monoisotopic (exact) mass is 448 g/mol. The van der Waals surface area contributed by atoms with E-state index >= 15 is 0 Å². The Morgan fingerprint density at radius 2 is 2.00 bits per heavy atom. The molecule has 0 atom stereocenters. The standard InChI is InChI=1S/C20H12Cl3FN4O/c1-11-16(19(23)28(27-11)15-4-2-3-13(21)8-15)7-12(10-25)20(29)26-14-5-6-18(24)17(22)9-14/h2-9H,1H3,(H,26,29). The summed E-state index contributed by atoms with van der Waals surface area (Å²) in [6.45, 7) is 1.70. The number of carbonyl (C=O) groups excluding carboxylic acids is 1. The second kappa shape index (κ2) is 8.66. The lowest BCUT2D eigenvalue weighted by atomic mass is 10.1. The Labute approximate surface area is 180 Å². The maximum Gasteiger partial charge on any atom is 0.266 e. The van der Waals surface area contributed by atoms with E-state index in [1.165, 1.54) is 22.9 Å². The van der Waals surface area contributed by atoms with Gasteiger partial charge in [-0.1, -0.05) is 40.9 Å². The number of aryl methyl sites for hydroxylation is 1. The summed E-state index contributed by atoms with van der Waals surface area (Å²) < 4.78 is 14.7. The lowest BCUT2D eigenvalue weighted by Crippen LogP contribution is -2.13. The van der Waals surface area contributed by atoms with Gasteiger partial charge in [-0.2, -0.15) is 10.4 Å². The van der Waals surface area contributed by atoms with Crippen LogP contribution in [0.2, 0.25) is 15.2 Å². The SMILES string of the molecule is Cc1nn(-c2cccc(Cl)c2)c(Cl)c1C=C(C#N)C(=O)Nc1ccc(F)c(Cl)c1. The molecule has 0 unspecified atom stereocenters. The number of rotatable bonds is 4. The molecule has 1 aromatic heterocycles. The van der Waals surface area contributed by atoms with Gasteiger partial charge in [0.2, 0.25) is 0 Å². The molecule has 0 spiro atoms. The van der Waals surface area contributed by atoms with E-state index in [0.717, 1.165) is 6.07 Å². The number of anilines is 1. The highest BCUT2D eigenvalue weighted by molar-refractivity contribution is 6.32. The first-order valence-corrected chi connectivity index (χ1v) is 9.33. The van der Waals surface area contributed by atoms with Gasteiger partial charge in [0.25, 0.3) is 5.91 Å². The van der Waals surface area contributed by atoms with E-state index < -0.39 is 11.7 Å². The minimum absolute atomic E-state index is 0.146. The molecule has 0 aliphatic carbocycles. The van der Waals surface area contributed by atoms with E-state index in [4.69, 9.17) is 34.8 Å². The van der Waals surface area contributed by atoms with Gasteiger partial charge >= 0.3 is 0 Å². The zero-order chi connectivity index (χ0) is 21.1. The predicted octanol–water partition coefficient (Wildman–Crippen LogP) is 5.83. The van der Waals surface area contributed by atoms with Crippen molar-refractivity contribution in [2.75, 3.05) is 5.32 Å². The van der Waals surface area contributed by atoms with E-state index in [1.54, 1.807) is 31.2 Å². The Bertz CT molecular complexity index is 1180. The van der Waals surface area contributed by atoms with Gasteiger partial charge in [-0.25, -0.2) is 9.07 Å². The van der Waals surface area contributed by atoms with E-state index in [0.29, 0.717) is 22.0 Å². The van der Waals surface area contributed by atoms with Gasteiger partial charge in [0.15, 0.2) is 0 Å². The van der Waals surface area contributed by atoms with Crippen molar-refractivity contribution >= 4 is 52.5 Å². The first-order chi connectivity index (χ1) is 13.8. The first-order valence-electron chi connectivity index (χ1n) is 8.19. The smallest absolute Gasteiger partial charge is 0.266 e. The molecule has 9 heteroatoms. The Kier molecular flexibility index (Phi) is 6.23. The summed E-state index contributed by atoms with van der Waals surface area (Å²) in [5.41, 5.74) is 1.60. The van der Waals surface area contributed by atoms with Crippen molar-refractivity contribution in [1.29, 1.82) is 5.26 Å². The summed E-state index contributed by atoms with van der Waals surface area (Å²) in [5.74, 6) is -1.31. The number of carbonyl (C=O) groups is 1. The number of benzene rings is 2. The Hall–Kier alpha value is -2.85. The molecule has 0 fully saturated rings. The highest BCUT2D eigenvalue weighted by Gasteiger charge is 2.17. The average molecular weight is 450 g/mol. The van der Waals surface area contributed by atoms with Crippen LogP contribution in [-0.2, 0) is 4.79 Å². The zero-order valence-electron chi connectivity index (χ0n) is 14.9. The van der Waals surface area contributed by atoms with Crippen molar-refractivity contribution in [2.45, 2.75) is 6.92 Å². The molecule has 1 heterocycles. The van der Waals surface area contributed by atoms with Gasteiger partial charge < -0.3 is 5.32 Å². The van der Waals surface area contributed by atoms with Crippen molar-refractivity contribution < 1.29 is 9.18 Å². The molecule has 0 saturated heterocycles. The van der Waals surface area contributed by atoms with Crippen molar-refractivity contribution in [3.63, 3.8) is 0 Å². The molecule has 1 N–H and O–H groups in total. The molecule has 0 aliphatic heterocycles. The Balaban J connectivity index is 1.94. The minimum Gasteiger partial charge on any atom is -0.321 e. The van der Waals surface area contributed by atoms with Gasteiger partial charge in [-0.3, -0.25) is 4.79 Å². The van der Waals surface area contributed by atoms with E-state index in [-0.39, 0.29) is 21.4 Å². The van der Waals surface area contributed by atoms with Crippen LogP contribution in [0.15, 0.2) is 48.0 Å². The van der Waals surface area contributed by atoms with Crippen LogP contribution in [0.3, 0.4) is 0 Å².